The van der Waals surface area contributed by atoms with Gasteiger partial charge in [-0.2, -0.15) is 0 Å². The Kier molecular flexibility index (Phi) is 8.55. The van der Waals surface area contributed by atoms with Gasteiger partial charge in [-0.1, -0.05) is 54.9 Å². The second-order valence-electron chi connectivity index (χ2n) is 7.57. The van der Waals surface area contributed by atoms with Crippen molar-refractivity contribution in [2.45, 2.75) is 32.3 Å². The molecule has 2 aromatic carbocycles. The number of ether oxygens (including phenoxy) is 2. The smallest absolute Gasteiger partial charge is 0.406 e. The number of hydrogen-bond donors (Lipinski definition) is 2. The minimum absolute atomic E-state index is 0.115. The quantitative estimate of drug-likeness (QED) is 0.579. The molecule has 1 amide bonds. The van der Waals surface area contributed by atoms with Crippen LogP contribution in [-0.4, -0.2) is 39.4 Å². The third-order valence-electron chi connectivity index (χ3n) is 5.59. The third-order valence-corrected chi connectivity index (χ3v) is 5.91. The summed E-state index contributed by atoms with van der Waals surface area (Å²) in [5, 5.41) is 6.91. The van der Waals surface area contributed by atoms with E-state index in [0.29, 0.717) is 19.1 Å². The first-order valence-electron chi connectivity index (χ1n) is 10.7. The maximum atomic E-state index is 11.4. The Hall–Kier alpha value is -2.08. The molecule has 0 aromatic heterocycles. The summed E-state index contributed by atoms with van der Waals surface area (Å²) in [6.07, 6.45) is 2.61. The van der Waals surface area contributed by atoms with Crippen LogP contribution in [0.1, 0.15) is 37.0 Å². The fourth-order valence-electron chi connectivity index (χ4n) is 4.06. The van der Waals surface area contributed by atoms with E-state index in [4.69, 9.17) is 16.3 Å². The first-order chi connectivity index (χ1) is 14.6. The molecule has 0 aliphatic carbocycles. The van der Waals surface area contributed by atoms with E-state index < -0.39 is 6.09 Å². The highest BCUT2D eigenvalue weighted by molar-refractivity contribution is 6.33. The number of piperidine rings is 1. The van der Waals surface area contributed by atoms with E-state index in [2.05, 4.69) is 52.6 Å². The van der Waals surface area contributed by atoms with Crippen molar-refractivity contribution in [2.75, 3.05) is 33.4 Å². The molecule has 2 N–H and O–H groups in total. The lowest BCUT2D eigenvalue weighted by atomic mass is 9.85. The Bertz CT molecular complexity index is 837. The van der Waals surface area contributed by atoms with Crippen LogP contribution in [0.4, 0.5) is 4.79 Å². The molecular formula is C24H31ClN2O3. The summed E-state index contributed by atoms with van der Waals surface area (Å²) in [5.41, 5.74) is 4.52. The molecule has 2 atom stereocenters. The lowest BCUT2D eigenvalue weighted by Crippen LogP contribution is -2.35. The number of halogens is 1. The number of amides is 1. The van der Waals surface area contributed by atoms with E-state index in [1.54, 1.807) is 0 Å². The Morgan fingerprint density at radius 1 is 1.30 bits per heavy atom. The van der Waals surface area contributed by atoms with Gasteiger partial charge in [-0.3, -0.25) is 0 Å². The Morgan fingerprint density at radius 3 is 2.87 bits per heavy atom. The zero-order valence-electron chi connectivity index (χ0n) is 17.7. The lowest BCUT2D eigenvalue weighted by Gasteiger charge is -2.32. The summed E-state index contributed by atoms with van der Waals surface area (Å²) in [4.78, 5) is 11.4. The average molecular weight is 431 g/mol. The molecule has 2 aromatic rings. The van der Waals surface area contributed by atoms with Crippen molar-refractivity contribution in [1.29, 1.82) is 0 Å². The molecule has 30 heavy (non-hydrogen) atoms. The summed E-state index contributed by atoms with van der Waals surface area (Å²) in [6.45, 7) is 4.88. The van der Waals surface area contributed by atoms with Gasteiger partial charge in [0.1, 0.15) is 0 Å². The van der Waals surface area contributed by atoms with Crippen molar-refractivity contribution >= 4 is 17.7 Å². The van der Waals surface area contributed by atoms with Crippen LogP contribution < -0.4 is 10.6 Å². The highest BCUT2D eigenvalue weighted by atomic mass is 35.5. The van der Waals surface area contributed by atoms with Gasteiger partial charge in [0.15, 0.2) is 0 Å². The minimum atomic E-state index is -0.450. The number of rotatable bonds is 8. The molecule has 162 valence electrons. The van der Waals surface area contributed by atoms with Crippen LogP contribution in [0.5, 0.6) is 0 Å². The van der Waals surface area contributed by atoms with E-state index in [1.165, 1.54) is 12.7 Å². The predicted octanol–water partition coefficient (Wildman–Crippen LogP) is 4.98. The number of aryl methyl sites for hydroxylation is 1. The van der Waals surface area contributed by atoms with Crippen LogP contribution in [0.15, 0.2) is 42.5 Å². The van der Waals surface area contributed by atoms with Crippen LogP contribution in [0.25, 0.3) is 11.1 Å². The molecule has 1 aliphatic heterocycles. The molecule has 1 heterocycles. The molecule has 0 saturated carbocycles. The van der Waals surface area contributed by atoms with E-state index in [9.17, 15) is 4.79 Å². The highest BCUT2D eigenvalue weighted by Gasteiger charge is 2.28. The summed E-state index contributed by atoms with van der Waals surface area (Å²) >= 11 is 6.72. The van der Waals surface area contributed by atoms with Crippen LogP contribution >= 0.6 is 11.6 Å². The normalized spacial score (nSPS) is 17.4. The van der Waals surface area contributed by atoms with Crippen molar-refractivity contribution < 1.29 is 14.3 Å². The molecule has 0 radical (unpaired) electrons. The number of carbonyl (C=O) groups excluding carboxylic acids is 1. The number of carbonyl (C=O) groups is 1. The lowest BCUT2D eigenvalue weighted by molar-refractivity contribution is 0.00510. The number of hydrogen-bond acceptors (Lipinski definition) is 4. The maximum absolute atomic E-state index is 11.4. The third kappa shape index (κ3) is 5.75. The highest BCUT2D eigenvalue weighted by Crippen LogP contribution is 2.40. The summed E-state index contributed by atoms with van der Waals surface area (Å²) in [7, 11) is 1.36. The standard InChI is InChI=1S/C24H31ClN2O3/c1-3-17-7-4-8-18(15-17)22-20(10-5-11-21(22)25)23(19-9-6-12-26-16-19)30-14-13-27-24(28)29-2/h4-5,7-8,10-11,15,19,23,26H,3,6,9,12-14,16H2,1-2H3,(H,27,28)/t19-,23-/m1/s1. The molecule has 5 nitrogen and oxygen atoms in total. The zero-order valence-corrected chi connectivity index (χ0v) is 18.5. The number of alkyl carbamates (subject to hydrolysis) is 1. The second kappa shape index (κ2) is 11.3. The van der Waals surface area contributed by atoms with Crippen molar-refractivity contribution in [2.24, 2.45) is 5.92 Å². The van der Waals surface area contributed by atoms with Gasteiger partial charge < -0.3 is 20.1 Å². The van der Waals surface area contributed by atoms with E-state index >= 15 is 0 Å². The average Bonchev–Trinajstić information content (AvgIpc) is 2.79. The summed E-state index contributed by atoms with van der Waals surface area (Å²) < 4.78 is 11.0. The summed E-state index contributed by atoms with van der Waals surface area (Å²) in [5.74, 6) is 0.337. The monoisotopic (exact) mass is 430 g/mol. The molecule has 3 rings (SSSR count). The van der Waals surface area contributed by atoms with E-state index in [-0.39, 0.29) is 6.10 Å². The molecule has 1 saturated heterocycles. The Morgan fingerprint density at radius 2 is 2.13 bits per heavy atom. The van der Waals surface area contributed by atoms with Crippen molar-refractivity contribution in [3.63, 3.8) is 0 Å². The van der Waals surface area contributed by atoms with Gasteiger partial charge in [-0.05, 0) is 48.6 Å². The largest absolute Gasteiger partial charge is 0.453 e. The van der Waals surface area contributed by atoms with Crippen molar-refractivity contribution in [3.05, 3.63) is 58.6 Å². The number of methoxy groups -OCH3 is 1. The number of nitrogens with one attached hydrogen (secondary N) is 2. The van der Waals surface area contributed by atoms with Gasteiger partial charge in [-0.15, -0.1) is 0 Å². The molecule has 1 aliphatic rings. The zero-order chi connectivity index (χ0) is 21.3. The minimum Gasteiger partial charge on any atom is -0.453 e. The van der Waals surface area contributed by atoms with Gasteiger partial charge in [0, 0.05) is 29.6 Å². The topological polar surface area (TPSA) is 59.6 Å². The maximum Gasteiger partial charge on any atom is 0.406 e. The molecule has 6 heteroatoms. The molecular weight excluding hydrogens is 400 g/mol. The Balaban J connectivity index is 1.91. The van der Waals surface area contributed by atoms with Gasteiger partial charge in [-0.25, -0.2) is 4.79 Å². The van der Waals surface area contributed by atoms with Crippen LogP contribution in [0.2, 0.25) is 5.02 Å². The second-order valence-corrected chi connectivity index (χ2v) is 7.98. The predicted molar refractivity (Wildman–Crippen MR) is 121 cm³/mol. The first-order valence-corrected chi connectivity index (χ1v) is 11.0. The fourth-order valence-corrected chi connectivity index (χ4v) is 4.35. The number of benzene rings is 2. The molecule has 1 fully saturated rings. The molecule has 0 spiro atoms. The van der Waals surface area contributed by atoms with Crippen molar-refractivity contribution in [3.8, 4) is 11.1 Å². The van der Waals surface area contributed by atoms with Crippen molar-refractivity contribution in [1.82, 2.24) is 10.6 Å². The fraction of sp³-hybridized carbons (Fsp3) is 0.458. The van der Waals surface area contributed by atoms with Crippen LogP contribution in [-0.2, 0) is 15.9 Å². The van der Waals surface area contributed by atoms with Gasteiger partial charge in [0.2, 0.25) is 0 Å². The molecule has 0 unspecified atom stereocenters. The SMILES string of the molecule is CCc1cccc(-c2c(Cl)cccc2[C@H](OCCNC(=O)OC)[C@@H]2CCCNC2)c1. The van der Waals surface area contributed by atoms with Gasteiger partial charge in [0.25, 0.3) is 0 Å². The van der Waals surface area contributed by atoms with Crippen LogP contribution in [0.3, 0.4) is 0 Å². The van der Waals surface area contributed by atoms with E-state index in [1.807, 2.05) is 12.1 Å². The van der Waals surface area contributed by atoms with Gasteiger partial charge in [0.05, 0.1) is 19.8 Å². The van der Waals surface area contributed by atoms with Crippen LogP contribution in [0, 0.1) is 5.92 Å². The first kappa shape index (κ1) is 22.6. The van der Waals surface area contributed by atoms with Gasteiger partial charge >= 0.3 is 6.09 Å². The van der Waals surface area contributed by atoms with E-state index in [0.717, 1.165) is 54.1 Å². The Labute approximate surface area is 184 Å². The summed E-state index contributed by atoms with van der Waals surface area (Å²) in [6, 6.07) is 14.6. The molecule has 0 bridgehead atoms.